The van der Waals surface area contributed by atoms with Crippen LogP contribution in [0.3, 0.4) is 0 Å². The zero-order chi connectivity index (χ0) is 10.8. The van der Waals surface area contributed by atoms with Gasteiger partial charge in [0.2, 0.25) is 0 Å². The number of allylic oxidation sites excluding steroid dienone is 1. The van der Waals surface area contributed by atoms with E-state index in [0.29, 0.717) is 5.84 Å². The van der Waals surface area contributed by atoms with Gasteiger partial charge in [-0.2, -0.15) is 0 Å². The van der Waals surface area contributed by atoms with Gasteiger partial charge in [0.15, 0.2) is 0 Å². The summed E-state index contributed by atoms with van der Waals surface area (Å²) in [4.78, 5) is 13.4. The number of hydrogen-bond donors (Lipinski definition) is 1. The van der Waals surface area contributed by atoms with Gasteiger partial charge in [-0.25, -0.2) is 0 Å². The Morgan fingerprint density at radius 2 is 2.07 bits per heavy atom. The molecule has 1 saturated carbocycles. The molecule has 80 valence electrons. The van der Waals surface area contributed by atoms with Crippen molar-refractivity contribution < 1.29 is 4.79 Å². The van der Waals surface area contributed by atoms with Crippen molar-refractivity contribution in [1.29, 1.82) is 5.41 Å². The first-order valence-electron chi connectivity index (χ1n) is 5.50. The van der Waals surface area contributed by atoms with Crippen LogP contribution < -0.4 is 0 Å². The van der Waals surface area contributed by atoms with Gasteiger partial charge in [0.05, 0.1) is 0 Å². The monoisotopic (exact) mass is 204 g/mol. The molecule has 0 bridgehead atoms. The lowest BCUT2D eigenvalue weighted by Gasteiger charge is -2.31. The highest BCUT2D eigenvalue weighted by Gasteiger charge is 2.31. The molecule has 1 N–H and O–H groups in total. The molecule has 15 heavy (non-hydrogen) atoms. The molecule has 1 fully saturated rings. The van der Waals surface area contributed by atoms with Crippen molar-refractivity contribution in [3.63, 3.8) is 0 Å². The average molecular weight is 204 g/mol. The fraction of sp³-hybridized carbons (Fsp3) is 0.500. The van der Waals surface area contributed by atoms with Gasteiger partial charge in [-0.05, 0) is 25.8 Å². The molecule has 0 aromatic rings. The van der Waals surface area contributed by atoms with Crippen LogP contribution in [-0.2, 0) is 4.79 Å². The molecule has 3 heteroatoms. The second-order valence-electron chi connectivity index (χ2n) is 4.07. The van der Waals surface area contributed by atoms with Crippen LogP contribution in [0.25, 0.3) is 0 Å². The van der Waals surface area contributed by atoms with Gasteiger partial charge >= 0.3 is 0 Å². The van der Waals surface area contributed by atoms with Crippen molar-refractivity contribution in [3.05, 3.63) is 23.8 Å². The fourth-order valence-corrected chi connectivity index (χ4v) is 2.33. The molecule has 0 atom stereocenters. The lowest BCUT2D eigenvalue weighted by atomic mass is 10.1. The van der Waals surface area contributed by atoms with Crippen LogP contribution in [0.2, 0.25) is 0 Å². The number of carbonyl (C=O) groups excluding carboxylic acids is 1. The maximum atomic E-state index is 11.7. The van der Waals surface area contributed by atoms with Crippen LogP contribution in [-0.4, -0.2) is 22.7 Å². The molecule has 1 amide bonds. The Morgan fingerprint density at radius 1 is 1.40 bits per heavy atom. The van der Waals surface area contributed by atoms with Crippen molar-refractivity contribution in [1.82, 2.24) is 4.90 Å². The zero-order valence-electron chi connectivity index (χ0n) is 8.99. The highest BCUT2D eigenvalue weighted by Crippen LogP contribution is 2.27. The van der Waals surface area contributed by atoms with E-state index >= 15 is 0 Å². The number of amides is 1. The van der Waals surface area contributed by atoms with E-state index in [1.54, 1.807) is 17.1 Å². The van der Waals surface area contributed by atoms with E-state index in [-0.39, 0.29) is 11.9 Å². The molecule has 2 aliphatic rings. The van der Waals surface area contributed by atoms with Crippen molar-refractivity contribution in [2.75, 3.05) is 0 Å². The molecular formula is C12H16N2O. The van der Waals surface area contributed by atoms with E-state index in [1.165, 1.54) is 12.8 Å². The van der Waals surface area contributed by atoms with Gasteiger partial charge in [0.25, 0.3) is 5.91 Å². The second-order valence-corrected chi connectivity index (χ2v) is 4.07. The van der Waals surface area contributed by atoms with Crippen LogP contribution in [0.15, 0.2) is 23.8 Å². The zero-order valence-corrected chi connectivity index (χ0v) is 8.99. The van der Waals surface area contributed by atoms with E-state index in [9.17, 15) is 4.79 Å². The number of nitrogens with zero attached hydrogens (tertiary/aromatic N) is 1. The molecule has 1 aliphatic carbocycles. The molecule has 0 radical (unpaired) electrons. The van der Waals surface area contributed by atoms with Crippen LogP contribution >= 0.6 is 0 Å². The van der Waals surface area contributed by atoms with Crippen LogP contribution in [0.4, 0.5) is 0 Å². The summed E-state index contributed by atoms with van der Waals surface area (Å²) in [5, 5.41) is 7.98. The highest BCUT2D eigenvalue weighted by molar-refractivity contribution is 6.14. The first-order chi connectivity index (χ1) is 7.24. The van der Waals surface area contributed by atoms with Gasteiger partial charge in [0, 0.05) is 17.7 Å². The minimum atomic E-state index is -0.0301. The van der Waals surface area contributed by atoms with Gasteiger partial charge in [-0.3, -0.25) is 15.1 Å². The van der Waals surface area contributed by atoms with Gasteiger partial charge in [-0.1, -0.05) is 18.9 Å². The van der Waals surface area contributed by atoms with Crippen molar-refractivity contribution in [2.45, 2.75) is 38.6 Å². The van der Waals surface area contributed by atoms with Gasteiger partial charge < -0.3 is 0 Å². The number of hydrogen-bond acceptors (Lipinski definition) is 2. The molecule has 1 aliphatic heterocycles. The smallest absolute Gasteiger partial charge is 0.252 e. The Kier molecular flexibility index (Phi) is 2.71. The van der Waals surface area contributed by atoms with E-state index in [4.69, 9.17) is 5.41 Å². The van der Waals surface area contributed by atoms with Gasteiger partial charge in [-0.15, -0.1) is 0 Å². The van der Waals surface area contributed by atoms with Gasteiger partial charge in [0.1, 0.15) is 5.84 Å². The average Bonchev–Trinajstić information content (AvgIpc) is 2.71. The third-order valence-corrected chi connectivity index (χ3v) is 3.16. The molecule has 0 saturated heterocycles. The molecule has 0 unspecified atom stereocenters. The van der Waals surface area contributed by atoms with Crippen LogP contribution in [0.1, 0.15) is 32.6 Å². The minimum Gasteiger partial charge on any atom is -0.290 e. The second kappa shape index (κ2) is 4.01. The summed E-state index contributed by atoms with van der Waals surface area (Å²) < 4.78 is 0. The normalized spacial score (nSPS) is 25.7. The summed E-state index contributed by atoms with van der Waals surface area (Å²) >= 11 is 0. The van der Waals surface area contributed by atoms with E-state index in [2.05, 4.69) is 0 Å². The third-order valence-electron chi connectivity index (χ3n) is 3.16. The molecule has 0 aromatic carbocycles. The van der Waals surface area contributed by atoms with Crippen molar-refractivity contribution in [2.24, 2.45) is 0 Å². The number of amidine groups is 1. The van der Waals surface area contributed by atoms with E-state index < -0.39 is 0 Å². The summed E-state index contributed by atoms with van der Waals surface area (Å²) in [6.07, 6.45) is 9.63. The van der Waals surface area contributed by atoms with Crippen molar-refractivity contribution >= 4 is 11.7 Å². The number of nitrogens with one attached hydrogen (secondary N) is 1. The van der Waals surface area contributed by atoms with Crippen LogP contribution in [0, 0.1) is 5.41 Å². The summed E-state index contributed by atoms with van der Waals surface area (Å²) in [5.41, 5.74) is 0.849. The van der Waals surface area contributed by atoms with E-state index in [0.717, 1.165) is 18.4 Å². The first kappa shape index (κ1) is 10.1. The molecule has 3 nitrogen and oxygen atoms in total. The first-order valence-corrected chi connectivity index (χ1v) is 5.50. The predicted octanol–water partition coefficient (Wildman–Crippen LogP) is 2.25. The quantitative estimate of drug-likeness (QED) is 0.699. The maximum Gasteiger partial charge on any atom is 0.252 e. The standard InChI is InChI=1S/C12H16N2O/c1-2-9-7-8-11(15)14(12(9)13)10-5-3-4-6-10/h2,7-8,10,13H,3-6H2,1H3/b9-2-,13-12?. The molecule has 1 heterocycles. The fourth-order valence-electron chi connectivity index (χ4n) is 2.33. The molecule has 0 aromatic heterocycles. The largest absolute Gasteiger partial charge is 0.290 e. The highest BCUT2D eigenvalue weighted by atomic mass is 16.2. The van der Waals surface area contributed by atoms with Crippen molar-refractivity contribution in [3.8, 4) is 0 Å². The van der Waals surface area contributed by atoms with E-state index in [1.807, 2.05) is 13.0 Å². The topological polar surface area (TPSA) is 44.2 Å². The summed E-state index contributed by atoms with van der Waals surface area (Å²) in [5.74, 6) is 0.342. The summed E-state index contributed by atoms with van der Waals surface area (Å²) in [7, 11) is 0. The lowest BCUT2D eigenvalue weighted by Crippen LogP contribution is -2.44. The molecular weight excluding hydrogens is 188 g/mol. The number of carbonyl (C=O) groups is 1. The Bertz CT molecular complexity index is 349. The Hall–Kier alpha value is -1.38. The molecule has 0 spiro atoms. The lowest BCUT2D eigenvalue weighted by molar-refractivity contribution is -0.124. The summed E-state index contributed by atoms with van der Waals surface area (Å²) in [6.45, 7) is 1.90. The third kappa shape index (κ3) is 1.74. The Morgan fingerprint density at radius 3 is 2.67 bits per heavy atom. The SMILES string of the molecule is C/C=C1/C=CC(=O)N(C2CCCC2)C1=N. The number of rotatable bonds is 1. The maximum absolute atomic E-state index is 11.7. The minimum absolute atomic E-state index is 0.0301. The van der Waals surface area contributed by atoms with Crippen LogP contribution in [0.5, 0.6) is 0 Å². The Labute approximate surface area is 90.0 Å². The molecule has 2 rings (SSSR count). The summed E-state index contributed by atoms with van der Waals surface area (Å²) in [6, 6.07) is 0.255. The Balaban J connectivity index is 2.26. The predicted molar refractivity (Wildman–Crippen MR) is 59.7 cm³/mol.